The van der Waals surface area contributed by atoms with Crippen LogP contribution in [-0.4, -0.2) is 16.1 Å². The van der Waals surface area contributed by atoms with Crippen molar-refractivity contribution in [2.75, 3.05) is 0 Å². The second kappa shape index (κ2) is 3.82. The number of aromatic carboxylic acids is 1. The van der Waals surface area contributed by atoms with Gasteiger partial charge in [0.25, 0.3) is 0 Å². The fraction of sp³-hybridized carbons (Fsp3) is 0.600. The number of hydrogen-bond acceptors (Lipinski definition) is 3. The molecule has 14 heavy (non-hydrogen) atoms. The topological polar surface area (TPSA) is 63.3 Å². The van der Waals surface area contributed by atoms with Gasteiger partial charge in [-0.25, -0.2) is 9.78 Å². The molecule has 1 heterocycles. The molecule has 0 aliphatic carbocycles. The molecule has 0 spiro atoms. The summed E-state index contributed by atoms with van der Waals surface area (Å²) in [5.41, 5.74) is 0.529. The number of aromatic nitrogens is 1. The zero-order valence-corrected chi connectivity index (χ0v) is 8.87. The van der Waals surface area contributed by atoms with Crippen molar-refractivity contribution in [3.63, 3.8) is 0 Å². The second-order valence-electron chi connectivity index (χ2n) is 3.88. The molecule has 0 bridgehead atoms. The Balaban J connectivity index is 3.19. The minimum absolute atomic E-state index is 0.0244. The highest BCUT2D eigenvalue weighted by Crippen LogP contribution is 2.23. The third-order valence-corrected chi connectivity index (χ3v) is 1.90. The molecule has 1 rings (SSSR count). The Labute approximate surface area is 83.0 Å². The van der Waals surface area contributed by atoms with Gasteiger partial charge in [0.05, 0.1) is 5.69 Å². The highest BCUT2D eigenvalue weighted by atomic mass is 16.4. The lowest BCUT2D eigenvalue weighted by Crippen LogP contribution is -2.01. The van der Waals surface area contributed by atoms with Gasteiger partial charge in [0.1, 0.15) is 0 Å². The van der Waals surface area contributed by atoms with Gasteiger partial charge in [-0.3, -0.25) is 0 Å². The molecule has 0 amide bonds. The first-order valence-electron chi connectivity index (χ1n) is 4.67. The Morgan fingerprint density at radius 1 is 1.29 bits per heavy atom. The summed E-state index contributed by atoms with van der Waals surface area (Å²) in [7, 11) is 0. The molecule has 0 atom stereocenters. The first-order chi connectivity index (χ1) is 6.43. The fourth-order valence-corrected chi connectivity index (χ4v) is 1.14. The first kappa shape index (κ1) is 10.8. The van der Waals surface area contributed by atoms with E-state index in [1.54, 1.807) is 0 Å². The van der Waals surface area contributed by atoms with E-state index < -0.39 is 5.97 Å². The molecular formula is C10H15NO3. The molecule has 0 saturated carbocycles. The van der Waals surface area contributed by atoms with Crippen molar-refractivity contribution in [3.8, 4) is 0 Å². The maximum absolute atomic E-state index is 10.8. The minimum atomic E-state index is -1.05. The predicted molar refractivity (Wildman–Crippen MR) is 51.6 cm³/mol. The van der Waals surface area contributed by atoms with Crippen LogP contribution in [0.4, 0.5) is 0 Å². The van der Waals surface area contributed by atoms with Crippen LogP contribution < -0.4 is 0 Å². The average Bonchev–Trinajstić information content (AvgIpc) is 2.47. The molecule has 0 saturated heterocycles. The quantitative estimate of drug-likeness (QED) is 0.808. The van der Waals surface area contributed by atoms with E-state index in [0.29, 0.717) is 11.6 Å². The lowest BCUT2D eigenvalue weighted by Gasteiger charge is -1.98. The van der Waals surface area contributed by atoms with E-state index in [-0.39, 0.29) is 17.6 Å². The monoisotopic (exact) mass is 197 g/mol. The van der Waals surface area contributed by atoms with Crippen LogP contribution in [0, 0.1) is 0 Å². The number of nitrogens with zero attached hydrogens (tertiary/aromatic N) is 1. The van der Waals surface area contributed by atoms with Crippen molar-refractivity contribution in [3.05, 3.63) is 17.3 Å². The molecule has 1 aromatic rings. The second-order valence-corrected chi connectivity index (χ2v) is 3.88. The number of carbonyl (C=O) groups is 1. The minimum Gasteiger partial charge on any atom is -0.475 e. The first-order valence-corrected chi connectivity index (χ1v) is 4.67. The van der Waals surface area contributed by atoms with Crippen molar-refractivity contribution >= 4 is 5.97 Å². The Morgan fingerprint density at radius 3 is 2.14 bits per heavy atom. The van der Waals surface area contributed by atoms with E-state index in [1.165, 1.54) is 0 Å². The van der Waals surface area contributed by atoms with Gasteiger partial charge in [-0.05, 0) is 5.92 Å². The molecule has 0 aromatic carbocycles. The third-order valence-electron chi connectivity index (χ3n) is 1.90. The van der Waals surface area contributed by atoms with Gasteiger partial charge in [-0.1, -0.05) is 27.7 Å². The normalized spacial score (nSPS) is 11.3. The molecular weight excluding hydrogens is 182 g/mol. The van der Waals surface area contributed by atoms with Crippen LogP contribution in [0.1, 0.15) is 61.7 Å². The molecule has 1 N–H and O–H groups in total. The van der Waals surface area contributed by atoms with E-state index in [0.717, 1.165) is 0 Å². The molecule has 4 heteroatoms. The van der Waals surface area contributed by atoms with E-state index in [1.807, 2.05) is 27.7 Å². The van der Waals surface area contributed by atoms with Crippen LogP contribution in [0.3, 0.4) is 0 Å². The van der Waals surface area contributed by atoms with Crippen LogP contribution >= 0.6 is 0 Å². The Bertz CT molecular complexity index is 339. The molecule has 0 aliphatic rings. The molecule has 0 unspecified atom stereocenters. The largest absolute Gasteiger partial charge is 0.475 e. The number of oxazole rings is 1. The number of rotatable bonds is 3. The summed E-state index contributed by atoms with van der Waals surface area (Å²) in [6, 6.07) is 0. The van der Waals surface area contributed by atoms with Crippen molar-refractivity contribution in [2.45, 2.75) is 39.5 Å². The van der Waals surface area contributed by atoms with Gasteiger partial charge in [0.15, 0.2) is 5.89 Å². The Hall–Kier alpha value is -1.32. The van der Waals surface area contributed by atoms with Crippen molar-refractivity contribution in [1.82, 2.24) is 4.98 Å². The summed E-state index contributed by atoms with van der Waals surface area (Å²) < 4.78 is 5.19. The van der Waals surface area contributed by atoms with Gasteiger partial charge < -0.3 is 9.52 Å². The lowest BCUT2D eigenvalue weighted by atomic mass is 10.1. The summed E-state index contributed by atoms with van der Waals surface area (Å²) in [5.74, 6) is -0.402. The molecule has 78 valence electrons. The van der Waals surface area contributed by atoms with E-state index >= 15 is 0 Å². The lowest BCUT2D eigenvalue weighted by molar-refractivity contribution is 0.0658. The van der Waals surface area contributed by atoms with E-state index in [9.17, 15) is 4.79 Å². The zero-order valence-electron chi connectivity index (χ0n) is 8.87. The Morgan fingerprint density at radius 2 is 1.86 bits per heavy atom. The van der Waals surface area contributed by atoms with E-state index in [4.69, 9.17) is 9.52 Å². The van der Waals surface area contributed by atoms with Crippen LogP contribution in [0.5, 0.6) is 0 Å². The standard InChI is InChI=1S/C10H15NO3/c1-5(2)7-8(10(12)13)14-9(11-7)6(3)4/h5-6H,1-4H3,(H,12,13). The fourth-order valence-electron chi connectivity index (χ4n) is 1.14. The van der Waals surface area contributed by atoms with Crippen LogP contribution in [-0.2, 0) is 0 Å². The molecule has 0 radical (unpaired) electrons. The van der Waals surface area contributed by atoms with Gasteiger partial charge in [-0.2, -0.15) is 0 Å². The number of hydrogen-bond donors (Lipinski definition) is 1. The van der Waals surface area contributed by atoms with Crippen molar-refractivity contribution < 1.29 is 14.3 Å². The Kier molecular flexibility index (Phi) is 2.93. The zero-order chi connectivity index (χ0) is 10.9. The summed E-state index contributed by atoms with van der Waals surface area (Å²) >= 11 is 0. The van der Waals surface area contributed by atoms with Gasteiger partial charge in [0.2, 0.25) is 5.76 Å². The van der Waals surface area contributed by atoms with Crippen LogP contribution in [0.15, 0.2) is 4.42 Å². The summed E-state index contributed by atoms with van der Waals surface area (Å²) in [5, 5.41) is 8.88. The van der Waals surface area contributed by atoms with Crippen molar-refractivity contribution in [1.29, 1.82) is 0 Å². The SMILES string of the molecule is CC(C)c1nc(C(C)C)c(C(=O)O)o1. The maximum atomic E-state index is 10.8. The molecule has 0 aliphatic heterocycles. The number of carboxylic acid groups (broad SMARTS) is 1. The average molecular weight is 197 g/mol. The summed E-state index contributed by atoms with van der Waals surface area (Å²) in [6.45, 7) is 7.63. The molecule has 1 aromatic heterocycles. The highest BCUT2D eigenvalue weighted by Gasteiger charge is 2.22. The van der Waals surface area contributed by atoms with Crippen LogP contribution in [0.2, 0.25) is 0 Å². The van der Waals surface area contributed by atoms with Gasteiger partial charge >= 0.3 is 5.97 Å². The highest BCUT2D eigenvalue weighted by molar-refractivity contribution is 5.85. The van der Waals surface area contributed by atoms with Crippen LogP contribution in [0.25, 0.3) is 0 Å². The van der Waals surface area contributed by atoms with Gasteiger partial charge in [-0.15, -0.1) is 0 Å². The third kappa shape index (κ3) is 1.95. The molecule has 0 fully saturated rings. The van der Waals surface area contributed by atoms with Crippen molar-refractivity contribution in [2.24, 2.45) is 0 Å². The summed E-state index contributed by atoms with van der Waals surface area (Å²) in [6.07, 6.45) is 0. The van der Waals surface area contributed by atoms with Gasteiger partial charge in [0, 0.05) is 5.92 Å². The number of carboxylic acids is 1. The molecule has 4 nitrogen and oxygen atoms in total. The smallest absolute Gasteiger partial charge is 0.373 e. The van der Waals surface area contributed by atoms with E-state index in [2.05, 4.69) is 4.98 Å². The maximum Gasteiger partial charge on any atom is 0.373 e. The predicted octanol–water partition coefficient (Wildman–Crippen LogP) is 2.62. The summed E-state index contributed by atoms with van der Waals surface area (Å²) in [4.78, 5) is 15.0.